The third kappa shape index (κ3) is 2.20. The minimum Gasteiger partial charge on any atom is -0.249 e. The van der Waals surface area contributed by atoms with Crippen LogP contribution in [0.3, 0.4) is 0 Å². The molecule has 0 aliphatic rings. The van der Waals surface area contributed by atoms with E-state index in [0.717, 1.165) is 5.03 Å². The summed E-state index contributed by atoms with van der Waals surface area (Å²) in [5.41, 5.74) is 0. The number of hydrogen-bond acceptors (Lipinski definition) is 4. The molecule has 0 fully saturated rings. The molecule has 1 aromatic rings. The van der Waals surface area contributed by atoms with E-state index in [9.17, 15) is 8.42 Å². The molecule has 0 spiro atoms. The first-order chi connectivity index (χ1) is 5.54. The van der Waals surface area contributed by atoms with Gasteiger partial charge in [0.2, 0.25) is 10.0 Å². The minimum atomic E-state index is -3.60. The molecule has 0 unspecified atom stereocenters. The number of hydrogen-bond donors (Lipinski definition) is 1. The average Bonchev–Trinajstić information content (AvgIpc) is 2.03. The molecule has 1 aromatic heterocycles. The molecule has 0 bridgehead atoms. The van der Waals surface area contributed by atoms with Crippen LogP contribution in [0.4, 0.5) is 0 Å². The summed E-state index contributed by atoms with van der Waals surface area (Å²) >= 11 is 1.44. The number of nitrogens with two attached hydrogens (primary N) is 1. The molecule has 66 valence electrons. The van der Waals surface area contributed by atoms with Crippen LogP contribution in [0.1, 0.15) is 0 Å². The number of rotatable bonds is 2. The summed E-state index contributed by atoms with van der Waals surface area (Å²) in [6.45, 7) is 0. The van der Waals surface area contributed by atoms with E-state index in [4.69, 9.17) is 5.14 Å². The molecule has 1 heterocycles. The molecule has 6 heteroatoms. The summed E-state index contributed by atoms with van der Waals surface area (Å²) in [5.74, 6) is 0. The predicted octanol–water partition coefficient (Wildman–Crippen LogP) is 0.451. The zero-order valence-electron chi connectivity index (χ0n) is 6.39. The van der Waals surface area contributed by atoms with Crippen molar-refractivity contribution in [1.29, 1.82) is 0 Å². The Bertz CT molecular complexity index is 358. The molecule has 1 rings (SSSR count). The number of nitrogens with zero attached hydrogens (tertiary/aromatic N) is 1. The van der Waals surface area contributed by atoms with Gasteiger partial charge in [0.25, 0.3) is 0 Å². The Morgan fingerprint density at radius 3 is 2.50 bits per heavy atom. The largest absolute Gasteiger partial charge is 0.249 e. The first kappa shape index (κ1) is 9.50. The maximum absolute atomic E-state index is 10.8. The zero-order valence-corrected chi connectivity index (χ0v) is 8.02. The van der Waals surface area contributed by atoms with Gasteiger partial charge in [-0.05, 0) is 18.4 Å². The number of sulfonamides is 1. The smallest absolute Gasteiger partial charge is 0.239 e. The highest BCUT2D eigenvalue weighted by Crippen LogP contribution is 2.12. The van der Waals surface area contributed by atoms with Crippen LogP contribution in [-0.2, 0) is 10.0 Å². The van der Waals surface area contributed by atoms with Crippen molar-refractivity contribution in [2.24, 2.45) is 5.14 Å². The Kier molecular flexibility index (Phi) is 2.71. The van der Waals surface area contributed by atoms with Crippen LogP contribution < -0.4 is 5.14 Å². The van der Waals surface area contributed by atoms with Crippen LogP contribution in [0, 0.1) is 0 Å². The molecular formula is C6H8N2O2S2. The first-order valence-corrected chi connectivity index (χ1v) is 5.84. The van der Waals surface area contributed by atoms with Gasteiger partial charge in [-0.2, -0.15) is 0 Å². The van der Waals surface area contributed by atoms with Gasteiger partial charge in [0.15, 0.2) is 0 Å². The van der Waals surface area contributed by atoms with Crippen LogP contribution in [0.5, 0.6) is 0 Å². The standard InChI is InChI=1S/C6H8N2O2S2/c1-11-6-3-2-5(4-8-6)12(7,9)10/h2-4H,1H3,(H2,7,9,10). The molecule has 2 N–H and O–H groups in total. The number of primary sulfonamides is 1. The lowest BCUT2D eigenvalue weighted by molar-refractivity contribution is 0.597. The average molecular weight is 204 g/mol. The molecule has 0 saturated heterocycles. The van der Waals surface area contributed by atoms with Crippen LogP contribution in [-0.4, -0.2) is 19.7 Å². The zero-order chi connectivity index (χ0) is 9.19. The third-order valence-corrected chi connectivity index (χ3v) is 2.81. The van der Waals surface area contributed by atoms with Crippen molar-refractivity contribution in [2.75, 3.05) is 6.26 Å². The van der Waals surface area contributed by atoms with E-state index in [-0.39, 0.29) is 4.90 Å². The van der Waals surface area contributed by atoms with Gasteiger partial charge in [0.05, 0.1) is 5.03 Å². The lowest BCUT2D eigenvalue weighted by atomic mass is 10.5. The van der Waals surface area contributed by atoms with Crippen LogP contribution in [0.25, 0.3) is 0 Å². The van der Waals surface area contributed by atoms with Gasteiger partial charge in [-0.1, -0.05) is 0 Å². The van der Waals surface area contributed by atoms with Gasteiger partial charge >= 0.3 is 0 Å². The second-order valence-corrected chi connectivity index (χ2v) is 4.47. The molecule has 0 aromatic carbocycles. The SMILES string of the molecule is CSc1ccc(S(N)(=O)=O)cn1. The Morgan fingerprint density at radius 2 is 2.17 bits per heavy atom. The van der Waals surface area contributed by atoms with E-state index >= 15 is 0 Å². The van der Waals surface area contributed by atoms with Crippen LogP contribution in [0.2, 0.25) is 0 Å². The molecule has 0 atom stereocenters. The summed E-state index contributed by atoms with van der Waals surface area (Å²) in [5, 5.41) is 5.64. The summed E-state index contributed by atoms with van der Waals surface area (Å²) in [4.78, 5) is 3.91. The molecule has 0 radical (unpaired) electrons. The fraction of sp³-hybridized carbons (Fsp3) is 0.167. The Balaban J connectivity index is 3.09. The van der Waals surface area contributed by atoms with E-state index in [1.165, 1.54) is 24.0 Å². The van der Waals surface area contributed by atoms with Crippen LogP contribution in [0.15, 0.2) is 28.3 Å². The van der Waals surface area contributed by atoms with Crippen molar-refractivity contribution in [3.05, 3.63) is 18.3 Å². The maximum atomic E-state index is 10.8. The molecule has 0 amide bonds. The van der Waals surface area contributed by atoms with Gasteiger partial charge in [-0.3, -0.25) is 0 Å². The maximum Gasteiger partial charge on any atom is 0.239 e. The lowest BCUT2D eigenvalue weighted by Crippen LogP contribution is -2.12. The first-order valence-electron chi connectivity index (χ1n) is 3.07. The second kappa shape index (κ2) is 3.42. The molecule has 0 saturated carbocycles. The van der Waals surface area contributed by atoms with Crippen LogP contribution >= 0.6 is 11.8 Å². The van der Waals surface area contributed by atoms with Gasteiger partial charge in [0.1, 0.15) is 4.90 Å². The highest BCUT2D eigenvalue weighted by Gasteiger charge is 2.06. The fourth-order valence-electron chi connectivity index (χ4n) is 0.656. The van der Waals surface area contributed by atoms with Gasteiger partial charge in [-0.25, -0.2) is 18.5 Å². The molecule has 12 heavy (non-hydrogen) atoms. The minimum absolute atomic E-state index is 0.0419. The predicted molar refractivity (Wildman–Crippen MR) is 47.4 cm³/mol. The van der Waals surface area contributed by atoms with Crippen molar-refractivity contribution >= 4 is 21.8 Å². The number of thioether (sulfide) groups is 1. The van der Waals surface area contributed by atoms with E-state index in [0.29, 0.717) is 0 Å². The summed E-state index contributed by atoms with van der Waals surface area (Å²) in [6, 6.07) is 3.05. The van der Waals surface area contributed by atoms with Crippen molar-refractivity contribution in [2.45, 2.75) is 9.92 Å². The third-order valence-electron chi connectivity index (χ3n) is 1.25. The highest BCUT2D eigenvalue weighted by molar-refractivity contribution is 7.98. The van der Waals surface area contributed by atoms with E-state index in [2.05, 4.69) is 4.98 Å². The second-order valence-electron chi connectivity index (χ2n) is 2.08. The van der Waals surface area contributed by atoms with Crippen molar-refractivity contribution in [1.82, 2.24) is 4.98 Å². The summed E-state index contributed by atoms with van der Waals surface area (Å²) < 4.78 is 21.5. The lowest BCUT2D eigenvalue weighted by Gasteiger charge is -1.97. The highest BCUT2D eigenvalue weighted by atomic mass is 32.2. The molecule has 4 nitrogen and oxygen atoms in total. The number of pyridine rings is 1. The monoisotopic (exact) mass is 204 g/mol. The molecule has 0 aliphatic carbocycles. The van der Waals surface area contributed by atoms with Crippen molar-refractivity contribution in [3.63, 3.8) is 0 Å². The fourth-order valence-corrected chi connectivity index (χ4v) is 1.48. The van der Waals surface area contributed by atoms with Crippen molar-refractivity contribution in [3.8, 4) is 0 Å². The van der Waals surface area contributed by atoms with E-state index < -0.39 is 10.0 Å². The van der Waals surface area contributed by atoms with Gasteiger partial charge in [-0.15, -0.1) is 11.8 Å². The Labute approximate surface area is 75.2 Å². The van der Waals surface area contributed by atoms with E-state index in [1.807, 2.05) is 6.26 Å². The topological polar surface area (TPSA) is 73.1 Å². The Hall–Kier alpha value is -0.590. The molecule has 0 aliphatic heterocycles. The number of aromatic nitrogens is 1. The quantitative estimate of drug-likeness (QED) is 0.710. The normalized spacial score (nSPS) is 11.5. The van der Waals surface area contributed by atoms with Gasteiger partial charge < -0.3 is 0 Å². The van der Waals surface area contributed by atoms with Crippen molar-refractivity contribution < 1.29 is 8.42 Å². The summed E-state index contributed by atoms with van der Waals surface area (Å²) in [6.07, 6.45) is 3.11. The van der Waals surface area contributed by atoms with E-state index in [1.54, 1.807) is 6.07 Å². The Morgan fingerprint density at radius 1 is 1.50 bits per heavy atom. The molecular weight excluding hydrogens is 196 g/mol. The summed E-state index contributed by atoms with van der Waals surface area (Å²) in [7, 11) is -3.60. The van der Waals surface area contributed by atoms with Gasteiger partial charge in [0, 0.05) is 6.20 Å².